The SMILES string of the molecule is COB=O.OCCOCCOCCO. The first kappa shape index (κ1) is 16.0. The van der Waals surface area contributed by atoms with Crippen molar-refractivity contribution in [1.29, 1.82) is 0 Å². The molecule has 0 aromatic heterocycles. The van der Waals surface area contributed by atoms with Crippen LogP contribution in [-0.4, -0.2) is 64.3 Å². The van der Waals surface area contributed by atoms with Crippen molar-refractivity contribution < 1.29 is 29.0 Å². The zero-order valence-corrected chi connectivity index (χ0v) is 8.35. The van der Waals surface area contributed by atoms with Crippen molar-refractivity contribution in [3.8, 4) is 0 Å². The number of aliphatic hydroxyl groups is 2. The minimum absolute atomic E-state index is 0.0417. The minimum atomic E-state index is 0.0417. The Balaban J connectivity index is 0. The Kier molecular flexibility index (Phi) is 20.9. The molecule has 0 unspecified atom stereocenters. The molecule has 0 saturated carbocycles. The van der Waals surface area contributed by atoms with Crippen LogP contribution in [0, 0.1) is 0 Å². The molecule has 0 fully saturated rings. The van der Waals surface area contributed by atoms with E-state index in [1.54, 1.807) is 0 Å². The van der Waals surface area contributed by atoms with E-state index in [0.29, 0.717) is 33.8 Å². The summed E-state index contributed by atoms with van der Waals surface area (Å²) in [5.74, 6) is 0. The molecule has 84 valence electrons. The third-order valence-electron chi connectivity index (χ3n) is 0.939. The van der Waals surface area contributed by atoms with Gasteiger partial charge in [0.2, 0.25) is 0 Å². The van der Waals surface area contributed by atoms with E-state index < -0.39 is 0 Å². The summed E-state index contributed by atoms with van der Waals surface area (Å²) < 4.78 is 22.6. The third kappa shape index (κ3) is 22.5. The average Bonchev–Trinajstić information content (AvgIpc) is 2.24. The van der Waals surface area contributed by atoms with Gasteiger partial charge < -0.3 is 19.7 Å². The maximum absolute atomic E-state index is 8.95. The summed E-state index contributed by atoms with van der Waals surface area (Å²) in [6.45, 7) is 1.73. The van der Waals surface area contributed by atoms with Crippen molar-refractivity contribution in [3.63, 3.8) is 0 Å². The van der Waals surface area contributed by atoms with Crippen LogP contribution in [0.1, 0.15) is 0 Å². The van der Waals surface area contributed by atoms with E-state index in [9.17, 15) is 0 Å². The Bertz CT molecular complexity index is 94.2. The normalized spacial score (nSPS) is 8.50. The topological polar surface area (TPSA) is 85.2 Å². The maximum atomic E-state index is 8.95. The summed E-state index contributed by atoms with van der Waals surface area (Å²) in [6.07, 6.45) is 0. The number of rotatable bonds is 8. The zero-order chi connectivity index (χ0) is 11.1. The summed E-state index contributed by atoms with van der Waals surface area (Å²) in [6, 6.07) is 0. The molecule has 0 bridgehead atoms. The van der Waals surface area contributed by atoms with Crippen LogP contribution in [-0.2, 0) is 18.8 Å². The second-order valence-electron chi connectivity index (χ2n) is 2.00. The standard InChI is InChI=1S/C6H14O4.CH3BO2/c7-1-3-9-5-6-10-4-2-8;1-4-2-3/h7-8H,1-6H2;1H3. The first-order chi connectivity index (χ1) is 6.83. The molecule has 0 amide bonds. The van der Waals surface area contributed by atoms with Gasteiger partial charge in [-0.1, -0.05) is 0 Å². The molecule has 0 radical (unpaired) electrons. The third-order valence-corrected chi connectivity index (χ3v) is 0.939. The van der Waals surface area contributed by atoms with E-state index >= 15 is 0 Å². The van der Waals surface area contributed by atoms with E-state index in [-0.39, 0.29) is 13.2 Å². The smallest absolute Gasteiger partial charge is 0.0701 e. The second-order valence-corrected chi connectivity index (χ2v) is 2.00. The molecule has 7 heteroatoms. The van der Waals surface area contributed by atoms with Gasteiger partial charge in [-0.25, -0.2) is 0 Å². The molecule has 0 aliphatic rings. The largest absolute Gasteiger partial charge is 0.394 e. The molecule has 0 spiro atoms. The summed E-state index contributed by atoms with van der Waals surface area (Å²) in [5, 5.41) is 16.5. The van der Waals surface area contributed by atoms with Crippen molar-refractivity contribution in [2.75, 3.05) is 46.8 Å². The maximum Gasteiger partial charge on any atom is 0.0701 e. The van der Waals surface area contributed by atoms with Gasteiger partial charge in [-0.15, -0.1) is 0 Å². The molecular weight excluding hydrogens is 191 g/mol. The first-order valence-corrected chi connectivity index (χ1v) is 4.17. The first-order valence-electron chi connectivity index (χ1n) is 4.17. The van der Waals surface area contributed by atoms with E-state index in [0.717, 1.165) is 0 Å². The number of ether oxygens (including phenoxy) is 2. The van der Waals surface area contributed by atoms with Crippen LogP contribution < -0.4 is 0 Å². The van der Waals surface area contributed by atoms with Crippen LogP contribution >= 0.6 is 0 Å². The molecule has 0 aromatic carbocycles. The Morgan fingerprint density at radius 3 is 1.57 bits per heavy atom. The molecule has 6 nitrogen and oxygen atoms in total. The van der Waals surface area contributed by atoms with Crippen LogP contribution in [0.2, 0.25) is 0 Å². The summed E-state index contributed by atoms with van der Waals surface area (Å²) in [4.78, 5) is 0. The quantitative estimate of drug-likeness (QED) is 0.377. The van der Waals surface area contributed by atoms with E-state index in [2.05, 4.69) is 4.65 Å². The van der Waals surface area contributed by atoms with Crippen molar-refractivity contribution in [1.82, 2.24) is 0 Å². The molecule has 0 heterocycles. The van der Waals surface area contributed by atoms with Crippen molar-refractivity contribution in [2.24, 2.45) is 0 Å². The van der Waals surface area contributed by atoms with Crippen LogP contribution in [0.25, 0.3) is 0 Å². The Labute approximate surface area is 84.1 Å². The van der Waals surface area contributed by atoms with Gasteiger partial charge in [0.25, 0.3) is 0 Å². The number of hydrogen-bond donors (Lipinski definition) is 2. The van der Waals surface area contributed by atoms with E-state index in [1.807, 2.05) is 0 Å². The number of aliphatic hydroxyl groups excluding tert-OH is 2. The number of hydrogen-bond acceptors (Lipinski definition) is 6. The van der Waals surface area contributed by atoms with Crippen LogP contribution in [0.5, 0.6) is 0 Å². The molecule has 0 aliphatic heterocycles. The Morgan fingerprint density at radius 1 is 1.00 bits per heavy atom. The van der Waals surface area contributed by atoms with Gasteiger partial charge in [-0.3, -0.25) is 0 Å². The van der Waals surface area contributed by atoms with Gasteiger partial charge >= 0.3 is 23.8 Å². The molecule has 0 atom stereocenters. The van der Waals surface area contributed by atoms with E-state index in [4.69, 9.17) is 24.4 Å². The van der Waals surface area contributed by atoms with Gasteiger partial charge in [0.05, 0.1) is 39.6 Å². The Hall–Kier alpha value is -0.495. The van der Waals surface area contributed by atoms with Gasteiger partial charge in [-0.2, -0.15) is 0 Å². The van der Waals surface area contributed by atoms with Gasteiger partial charge in [-0.05, 0) is 0 Å². The average molecular weight is 208 g/mol. The predicted octanol–water partition coefficient (Wildman–Crippen LogP) is -1.40. The molecule has 0 aromatic rings. The molecule has 0 saturated heterocycles. The summed E-state index contributed by atoms with van der Waals surface area (Å²) in [7, 11) is 1.69. The fraction of sp³-hybridized carbons (Fsp3) is 1.00. The van der Waals surface area contributed by atoms with Gasteiger partial charge in [0, 0.05) is 0 Å². The fourth-order valence-corrected chi connectivity index (χ4v) is 0.451. The monoisotopic (exact) mass is 208 g/mol. The second kappa shape index (κ2) is 18.3. The predicted molar refractivity (Wildman–Crippen MR) is 49.3 cm³/mol. The molecule has 2 N–H and O–H groups in total. The van der Waals surface area contributed by atoms with Crippen LogP contribution in [0.15, 0.2) is 0 Å². The van der Waals surface area contributed by atoms with E-state index in [1.165, 1.54) is 7.11 Å². The molecule has 0 rings (SSSR count). The fourth-order valence-electron chi connectivity index (χ4n) is 0.451. The van der Waals surface area contributed by atoms with Crippen molar-refractivity contribution in [2.45, 2.75) is 0 Å². The van der Waals surface area contributed by atoms with Crippen molar-refractivity contribution in [3.05, 3.63) is 0 Å². The van der Waals surface area contributed by atoms with Gasteiger partial charge in [0.15, 0.2) is 0 Å². The summed E-state index contributed by atoms with van der Waals surface area (Å²) in [5.41, 5.74) is 0. The van der Waals surface area contributed by atoms with Crippen LogP contribution in [0.4, 0.5) is 0 Å². The molecule has 0 aliphatic carbocycles. The molecule has 14 heavy (non-hydrogen) atoms. The van der Waals surface area contributed by atoms with Crippen LogP contribution in [0.3, 0.4) is 0 Å². The Morgan fingerprint density at radius 2 is 1.36 bits per heavy atom. The zero-order valence-electron chi connectivity index (χ0n) is 8.35. The minimum Gasteiger partial charge on any atom is -0.394 e. The van der Waals surface area contributed by atoms with Crippen molar-refractivity contribution >= 4 is 7.35 Å². The van der Waals surface area contributed by atoms with Gasteiger partial charge in [0.1, 0.15) is 0 Å². The summed E-state index contributed by atoms with van der Waals surface area (Å²) >= 11 is 0. The molecular formula is C7H17BO6.